The lowest BCUT2D eigenvalue weighted by Gasteiger charge is -2.17. The van der Waals surface area contributed by atoms with E-state index >= 15 is 0 Å². The summed E-state index contributed by atoms with van der Waals surface area (Å²) in [6.07, 6.45) is 10.5. The van der Waals surface area contributed by atoms with Crippen molar-refractivity contribution in [3.05, 3.63) is 35.6 Å². The normalized spacial score (nSPS) is 26.0. The molecule has 2 aromatic rings. The van der Waals surface area contributed by atoms with Crippen molar-refractivity contribution in [2.24, 2.45) is 11.8 Å². The van der Waals surface area contributed by atoms with Gasteiger partial charge >= 0.3 is 0 Å². The minimum Gasteiger partial charge on any atom is -0.337 e. The van der Waals surface area contributed by atoms with Gasteiger partial charge in [0.15, 0.2) is 4.96 Å². The van der Waals surface area contributed by atoms with Crippen LogP contribution >= 0.6 is 11.3 Å². The van der Waals surface area contributed by atoms with Crippen LogP contribution in [-0.2, 0) is 0 Å². The van der Waals surface area contributed by atoms with Crippen LogP contribution in [0.4, 0.5) is 0 Å². The number of carbonyl (C=O) groups excluding carboxylic acids is 1. The second kappa shape index (κ2) is 4.20. The fourth-order valence-electron chi connectivity index (χ4n) is 3.17. The number of nitrogens with zero attached hydrogens (tertiary/aromatic N) is 3. The van der Waals surface area contributed by atoms with Gasteiger partial charge in [0.05, 0.1) is 0 Å². The van der Waals surface area contributed by atoms with Gasteiger partial charge in [-0.05, 0) is 24.7 Å². The molecule has 0 unspecified atom stereocenters. The van der Waals surface area contributed by atoms with Gasteiger partial charge in [-0.15, -0.1) is 11.3 Å². The monoisotopic (exact) mass is 273 g/mol. The molecule has 2 atom stereocenters. The Morgan fingerprint density at radius 2 is 2.00 bits per heavy atom. The predicted octanol–water partition coefficient (Wildman–Crippen LogP) is 2.43. The van der Waals surface area contributed by atoms with E-state index in [1.54, 1.807) is 11.3 Å². The highest BCUT2D eigenvalue weighted by Gasteiger charge is 2.36. The number of allylic oxidation sites excluding steroid dienone is 2. The Kier molecular flexibility index (Phi) is 2.48. The van der Waals surface area contributed by atoms with E-state index in [0.717, 1.165) is 30.9 Å². The summed E-state index contributed by atoms with van der Waals surface area (Å²) in [7, 11) is 0. The molecular formula is C14H15N3OS. The van der Waals surface area contributed by atoms with Crippen molar-refractivity contribution >= 4 is 22.2 Å². The maximum absolute atomic E-state index is 12.5. The van der Waals surface area contributed by atoms with Gasteiger partial charge in [-0.25, -0.2) is 4.98 Å². The number of thiazole rings is 1. The molecule has 1 amide bonds. The second-order valence-corrected chi connectivity index (χ2v) is 6.27. The average molecular weight is 273 g/mol. The van der Waals surface area contributed by atoms with Gasteiger partial charge in [0.25, 0.3) is 5.91 Å². The SMILES string of the molecule is O=C(c1cn2ccsc2n1)N1C[C@H]2CC=CC[C@H]2C1. The van der Waals surface area contributed by atoms with Crippen LogP contribution in [0.25, 0.3) is 4.96 Å². The molecule has 0 spiro atoms. The van der Waals surface area contributed by atoms with E-state index in [-0.39, 0.29) is 5.91 Å². The van der Waals surface area contributed by atoms with Gasteiger partial charge in [-0.1, -0.05) is 12.2 Å². The van der Waals surface area contributed by atoms with Crippen molar-refractivity contribution in [1.82, 2.24) is 14.3 Å². The molecule has 0 aromatic carbocycles. The van der Waals surface area contributed by atoms with Crippen molar-refractivity contribution in [2.75, 3.05) is 13.1 Å². The third kappa shape index (κ3) is 1.80. The summed E-state index contributed by atoms with van der Waals surface area (Å²) in [5.41, 5.74) is 0.582. The van der Waals surface area contributed by atoms with E-state index in [1.165, 1.54) is 0 Å². The number of amides is 1. The van der Waals surface area contributed by atoms with Crippen molar-refractivity contribution < 1.29 is 4.79 Å². The van der Waals surface area contributed by atoms with Gasteiger partial charge < -0.3 is 4.90 Å². The molecule has 19 heavy (non-hydrogen) atoms. The minimum absolute atomic E-state index is 0.0882. The maximum Gasteiger partial charge on any atom is 0.274 e. The molecule has 5 heteroatoms. The quantitative estimate of drug-likeness (QED) is 0.748. The largest absolute Gasteiger partial charge is 0.337 e. The zero-order valence-corrected chi connectivity index (χ0v) is 11.3. The van der Waals surface area contributed by atoms with Crippen molar-refractivity contribution in [3.8, 4) is 0 Å². The summed E-state index contributed by atoms with van der Waals surface area (Å²) >= 11 is 1.56. The number of fused-ring (bicyclic) bond motifs is 2. The molecule has 2 aliphatic rings. The molecule has 1 aliphatic carbocycles. The summed E-state index contributed by atoms with van der Waals surface area (Å²) in [5, 5.41) is 1.98. The standard InChI is InChI=1S/C14H15N3OS/c18-13(12-9-16-5-6-19-14(16)15-12)17-7-10-3-1-2-4-11(10)8-17/h1-2,5-6,9-11H,3-4,7-8H2/t10-,11+. The van der Waals surface area contributed by atoms with Crippen LogP contribution < -0.4 is 0 Å². The molecule has 4 nitrogen and oxygen atoms in total. The van der Waals surface area contributed by atoms with E-state index in [4.69, 9.17) is 0 Å². The fraction of sp³-hybridized carbons (Fsp3) is 0.429. The Hall–Kier alpha value is -1.62. The van der Waals surface area contributed by atoms with Crippen LogP contribution in [0, 0.1) is 11.8 Å². The molecule has 3 heterocycles. The van der Waals surface area contributed by atoms with Crippen molar-refractivity contribution in [2.45, 2.75) is 12.8 Å². The highest BCUT2D eigenvalue weighted by atomic mass is 32.1. The fourth-order valence-corrected chi connectivity index (χ4v) is 3.87. The third-order valence-corrected chi connectivity index (χ3v) is 4.99. The van der Waals surface area contributed by atoms with Crippen LogP contribution in [0.1, 0.15) is 23.3 Å². The van der Waals surface area contributed by atoms with Crippen molar-refractivity contribution in [3.63, 3.8) is 0 Å². The van der Waals surface area contributed by atoms with Gasteiger partial charge in [0.1, 0.15) is 5.69 Å². The zero-order chi connectivity index (χ0) is 12.8. The van der Waals surface area contributed by atoms with E-state index < -0.39 is 0 Å². The minimum atomic E-state index is 0.0882. The van der Waals surface area contributed by atoms with Gasteiger partial charge in [-0.2, -0.15) is 0 Å². The van der Waals surface area contributed by atoms with Crippen LogP contribution in [0.3, 0.4) is 0 Å². The van der Waals surface area contributed by atoms with E-state index in [0.29, 0.717) is 17.5 Å². The molecule has 0 saturated carbocycles. The molecular weight excluding hydrogens is 258 g/mol. The predicted molar refractivity (Wildman–Crippen MR) is 74.3 cm³/mol. The maximum atomic E-state index is 12.5. The number of carbonyl (C=O) groups is 1. The summed E-state index contributed by atoms with van der Waals surface area (Å²) in [6, 6.07) is 0. The first-order valence-electron chi connectivity index (χ1n) is 6.68. The number of hydrogen-bond donors (Lipinski definition) is 0. The van der Waals surface area contributed by atoms with Gasteiger partial charge in [0, 0.05) is 30.9 Å². The molecule has 0 N–H and O–H groups in total. The summed E-state index contributed by atoms with van der Waals surface area (Å²) in [5.74, 6) is 1.39. The second-order valence-electron chi connectivity index (χ2n) is 5.39. The Balaban J connectivity index is 1.56. The number of imidazole rings is 1. The topological polar surface area (TPSA) is 37.6 Å². The summed E-state index contributed by atoms with van der Waals surface area (Å²) in [4.78, 5) is 19.8. The highest BCUT2D eigenvalue weighted by Crippen LogP contribution is 2.33. The lowest BCUT2D eigenvalue weighted by atomic mass is 9.86. The van der Waals surface area contributed by atoms with Gasteiger partial charge in [-0.3, -0.25) is 9.20 Å². The van der Waals surface area contributed by atoms with E-state index in [1.807, 2.05) is 27.1 Å². The van der Waals surface area contributed by atoms with Crippen LogP contribution in [0.2, 0.25) is 0 Å². The number of rotatable bonds is 1. The van der Waals surface area contributed by atoms with E-state index in [9.17, 15) is 4.79 Å². The number of aromatic nitrogens is 2. The molecule has 0 radical (unpaired) electrons. The zero-order valence-electron chi connectivity index (χ0n) is 10.5. The molecule has 0 bridgehead atoms. The number of likely N-dealkylation sites (tertiary alicyclic amines) is 1. The van der Waals surface area contributed by atoms with Crippen molar-refractivity contribution in [1.29, 1.82) is 0 Å². The Bertz CT molecular complexity index is 612. The average Bonchev–Trinajstić information content (AvgIpc) is 3.10. The Labute approximate surface area is 115 Å². The number of hydrogen-bond acceptors (Lipinski definition) is 3. The molecule has 1 fully saturated rings. The smallest absolute Gasteiger partial charge is 0.274 e. The third-order valence-electron chi connectivity index (χ3n) is 4.22. The van der Waals surface area contributed by atoms with E-state index in [2.05, 4.69) is 17.1 Å². The van der Waals surface area contributed by atoms with Crippen LogP contribution in [-0.4, -0.2) is 33.3 Å². The van der Waals surface area contributed by atoms with Crippen LogP contribution in [0.15, 0.2) is 29.9 Å². The molecule has 1 saturated heterocycles. The summed E-state index contributed by atoms with van der Waals surface area (Å²) < 4.78 is 1.92. The molecule has 98 valence electrons. The lowest BCUT2D eigenvalue weighted by molar-refractivity contribution is 0.0779. The molecule has 1 aliphatic heterocycles. The van der Waals surface area contributed by atoms with Crippen LogP contribution in [0.5, 0.6) is 0 Å². The Morgan fingerprint density at radius 1 is 1.26 bits per heavy atom. The molecule has 2 aromatic heterocycles. The highest BCUT2D eigenvalue weighted by molar-refractivity contribution is 7.15. The lowest BCUT2D eigenvalue weighted by Crippen LogP contribution is -2.29. The first-order chi connectivity index (χ1) is 9.31. The molecule has 4 rings (SSSR count). The Morgan fingerprint density at radius 3 is 2.68 bits per heavy atom. The van der Waals surface area contributed by atoms with Gasteiger partial charge in [0.2, 0.25) is 0 Å². The summed E-state index contributed by atoms with van der Waals surface area (Å²) in [6.45, 7) is 1.78. The first-order valence-corrected chi connectivity index (χ1v) is 7.56. The first kappa shape index (κ1) is 11.2.